The Morgan fingerprint density at radius 3 is 2.71 bits per heavy atom. The third kappa shape index (κ3) is 2.76. The van der Waals surface area contributed by atoms with E-state index >= 15 is 0 Å². The third-order valence-corrected chi connectivity index (χ3v) is 7.43. The number of fused-ring (bicyclic) bond motifs is 5. The highest BCUT2D eigenvalue weighted by atomic mass is 35.5. The van der Waals surface area contributed by atoms with Crippen LogP contribution in [-0.2, 0) is 6.42 Å². The molecule has 0 spiro atoms. The smallest absolute Gasteiger partial charge is 0.101 e. The largest absolute Gasteiger partial charge is 0.400 e. The minimum absolute atomic E-state index is 0.591. The minimum atomic E-state index is 0.591. The number of aliphatic hydroxyl groups is 1. The Kier molecular flexibility index (Phi) is 5.23. The second kappa shape index (κ2) is 7.06. The standard InChI is InChI=1S/C20H24ClN.CH4O/c1-20-10-3-2-4-18(20)16-7-8-17-14(15(16)9-11-20)6-5-13(12-22)19(17)21;1-2/h5-6,15-16,18H,2-4,7-11H2,1H3;2H,1H3/t15?,16?,18?,20-;/m0./s1. The SMILES string of the molecule is CO.C[C@@]12CCCCC1C1CCc3c(ccc(C#N)c3Cl)C1CC2. The van der Waals surface area contributed by atoms with Gasteiger partial charge >= 0.3 is 0 Å². The molecule has 4 rings (SSSR count). The second-order valence-corrected chi connectivity index (χ2v) is 8.34. The molecular formula is C21H28ClNO. The first-order valence-corrected chi connectivity index (χ1v) is 9.68. The Morgan fingerprint density at radius 2 is 1.96 bits per heavy atom. The summed E-state index contributed by atoms with van der Waals surface area (Å²) in [6.07, 6.45) is 10.7. The summed E-state index contributed by atoms with van der Waals surface area (Å²) in [4.78, 5) is 0. The van der Waals surface area contributed by atoms with Crippen LogP contribution in [0.3, 0.4) is 0 Å². The Balaban J connectivity index is 0.000000815. The molecule has 0 heterocycles. The van der Waals surface area contributed by atoms with Gasteiger partial charge in [-0.2, -0.15) is 5.26 Å². The minimum Gasteiger partial charge on any atom is -0.400 e. The molecule has 3 aliphatic carbocycles. The number of halogens is 1. The lowest BCUT2D eigenvalue weighted by Gasteiger charge is -2.54. The van der Waals surface area contributed by atoms with Crippen LogP contribution in [0, 0.1) is 28.6 Å². The molecule has 3 unspecified atom stereocenters. The Hall–Kier alpha value is -1.04. The highest BCUT2D eigenvalue weighted by Gasteiger charge is 2.48. The fourth-order valence-electron chi connectivity index (χ4n) is 5.87. The zero-order chi connectivity index (χ0) is 17.3. The molecule has 130 valence electrons. The van der Waals surface area contributed by atoms with E-state index in [0.717, 1.165) is 30.4 Å². The molecule has 2 saturated carbocycles. The van der Waals surface area contributed by atoms with Gasteiger partial charge in [-0.25, -0.2) is 0 Å². The predicted molar refractivity (Wildman–Crippen MR) is 98.2 cm³/mol. The van der Waals surface area contributed by atoms with Crippen molar-refractivity contribution in [1.29, 1.82) is 5.26 Å². The molecule has 2 nitrogen and oxygen atoms in total. The molecule has 3 aliphatic rings. The zero-order valence-corrected chi connectivity index (χ0v) is 15.6. The third-order valence-electron chi connectivity index (χ3n) is 7.00. The summed E-state index contributed by atoms with van der Waals surface area (Å²) >= 11 is 6.50. The first-order chi connectivity index (χ1) is 11.6. The van der Waals surface area contributed by atoms with E-state index in [1.807, 2.05) is 6.07 Å². The highest BCUT2D eigenvalue weighted by molar-refractivity contribution is 6.32. The predicted octanol–water partition coefficient (Wildman–Crippen LogP) is 5.46. The van der Waals surface area contributed by atoms with Crippen molar-refractivity contribution in [1.82, 2.24) is 0 Å². The van der Waals surface area contributed by atoms with Gasteiger partial charge in [0.1, 0.15) is 6.07 Å². The summed E-state index contributed by atoms with van der Waals surface area (Å²) in [5.41, 5.74) is 3.99. The van der Waals surface area contributed by atoms with Crippen molar-refractivity contribution >= 4 is 11.6 Å². The summed E-state index contributed by atoms with van der Waals surface area (Å²) in [6.45, 7) is 2.55. The van der Waals surface area contributed by atoms with Crippen molar-refractivity contribution in [3.05, 3.63) is 33.8 Å². The lowest BCUT2D eigenvalue weighted by Crippen LogP contribution is -2.44. The van der Waals surface area contributed by atoms with Crippen molar-refractivity contribution < 1.29 is 5.11 Å². The fourth-order valence-corrected chi connectivity index (χ4v) is 6.18. The normalized spacial score (nSPS) is 33.9. The number of rotatable bonds is 0. The molecule has 0 amide bonds. The quantitative estimate of drug-likeness (QED) is 0.678. The number of nitriles is 1. The maximum absolute atomic E-state index is 9.21. The molecular weight excluding hydrogens is 318 g/mol. The Morgan fingerprint density at radius 1 is 1.17 bits per heavy atom. The number of hydrogen-bond donors (Lipinski definition) is 1. The lowest BCUT2D eigenvalue weighted by atomic mass is 9.51. The molecule has 2 fully saturated rings. The van der Waals surface area contributed by atoms with Crippen LogP contribution < -0.4 is 0 Å². The van der Waals surface area contributed by atoms with Crippen LogP contribution >= 0.6 is 11.6 Å². The second-order valence-electron chi connectivity index (χ2n) is 7.96. The number of nitrogens with zero attached hydrogens (tertiary/aromatic N) is 1. The van der Waals surface area contributed by atoms with Gasteiger partial charge in [0, 0.05) is 7.11 Å². The van der Waals surface area contributed by atoms with Crippen LogP contribution in [0.5, 0.6) is 0 Å². The van der Waals surface area contributed by atoms with Crippen LogP contribution in [0.1, 0.15) is 74.5 Å². The Labute approximate surface area is 150 Å². The van der Waals surface area contributed by atoms with Crippen LogP contribution in [0.4, 0.5) is 0 Å². The van der Waals surface area contributed by atoms with Gasteiger partial charge in [-0.3, -0.25) is 0 Å². The number of hydrogen-bond acceptors (Lipinski definition) is 2. The molecule has 1 aromatic carbocycles. The van der Waals surface area contributed by atoms with E-state index in [0.29, 0.717) is 16.9 Å². The Bertz CT molecular complexity index is 650. The van der Waals surface area contributed by atoms with Crippen molar-refractivity contribution in [2.45, 2.75) is 64.2 Å². The van der Waals surface area contributed by atoms with Crippen LogP contribution in [0.2, 0.25) is 5.02 Å². The van der Waals surface area contributed by atoms with Gasteiger partial charge < -0.3 is 5.11 Å². The van der Waals surface area contributed by atoms with E-state index in [-0.39, 0.29) is 0 Å². The number of aliphatic hydroxyl groups excluding tert-OH is 1. The molecule has 0 bridgehead atoms. The van der Waals surface area contributed by atoms with E-state index in [1.54, 1.807) is 0 Å². The highest BCUT2D eigenvalue weighted by Crippen LogP contribution is 2.59. The van der Waals surface area contributed by atoms with Gasteiger partial charge in [-0.05, 0) is 78.9 Å². The maximum Gasteiger partial charge on any atom is 0.101 e. The van der Waals surface area contributed by atoms with E-state index in [1.165, 1.54) is 56.1 Å². The maximum atomic E-state index is 9.21. The molecule has 0 aliphatic heterocycles. The molecule has 0 saturated heterocycles. The van der Waals surface area contributed by atoms with Crippen molar-refractivity contribution in [2.24, 2.45) is 17.3 Å². The summed E-state index contributed by atoms with van der Waals surface area (Å²) < 4.78 is 0. The average molecular weight is 346 g/mol. The lowest BCUT2D eigenvalue weighted by molar-refractivity contribution is -0.00420. The summed E-state index contributed by atoms with van der Waals surface area (Å²) in [7, 11) is 1.00. The van der Waals surface area contributed by atoms with Gasteiger partial charge in [0.25, 0.3) is 0 Å². The summed E-state index contributed by atoms with van der Waals surface area (Å²) in [5.74, 6) is 2.43. The van der Waals surface area contributed by atoms with E-state index in [9.17, 15) is 5.26 Å². The van der Waals surface area contributed by atoms with Gasteiger partial charge in [0.2, 0.25) is 0 Å². The van der Waals surface area contributed by atoms with Crippen LogP contribution in [0.15, 0.2) is 12.1 Å². The van der Waals surface area contributed by atoms with Gasteiger partial charge in [0.05, 0.1) is 10.6 Å². The molecule has 0 aromatic heterocycles. The van der Waals surface area contributed by atoms with E-state index in [4.69, 9.17) is 16.7 Å². The van der Waals surface area contributed by atoms with Gasteiger partial charge in [-0.1, -0.05) is 37.4 Å². The van der Waals surface area contributed by atoms with Crippen molar-refractivity contribution in [2.75, 3.05) is 7.11 Å². The summed E-state index contributed by atoms with van der Waals surface area (Å²) in [6, 6.07) is 6.39. The molecule has 0 radical (unpaired) electrons. The molecule has 4 atom stereocenters. The zero-order valence-electron chi connectivity index (χ0n) is 14.8. The van der Waals surface area contributed by atoms with Crippen LogP contribution in [-0.4, -0.2) is 12.2 Å². The average Bonchev–Trinajstić information content (AvgIpc) is 2.62. The van der Waals surface area contributed by atoms with E-state index < -0.39 is 0 Å². The first-order valence-electron chi connectivity index (χ1n) is 9.30. The fraction of sp³-hybridized carbons (Fsp3) is 0.667. The molecule has 1 N–H and O–H groups in total. The summed E-state index contributed by atoms with van der Waals surface area (Å²) in [5, 5.41) is 16.9. The monoisotopic (exact) mass is 345 g/mol. The van der Waals surface area contributed by atoms with E-state index in [2.05, 4.69) is 19.1 Å². The van der Waals surface area contributed by atoms with Crippen molar-refractivity contribution in [3.8, 4) is 6.07 Å². The first kappa shape index (κ1) is 17.8. The van der Waals surface area contributed by atoms with Crippen molar-refractivity contribution in [3.63, 3.8) is 0 Å². The molecule has 24 heavy (non-hydrogen) atoms. The van der Waals surface area contributed by atoms with Gasteiger partial charge in [0.15, 0.2) is 0 Å². The van der Waals surface area contributed by atoms with Gasteiger partial charge in [-0.15, -0.1) is 0 Å². The molecule has 1 aromatic rings. The van der Waals surface area contributed by atoms with Crippen LogP contribution in [0.25, 0.3) is 0 Å². The number of benzene rings is 1. The molecule has 3 heteroatoms. The topological polar surface area (TPSA) is 44.0 Å².